The summed E-state index contributed by atoms with van der Waals surface area (Å²) >= 11 is 0. The second kappa shape index (κ2) is 7.86. The molecule has 0 radical (unpaired) electrons. The molecule has 0 saturated heterocycles. The van der Waals surface area contributed by atoms with Crippen LogP contribution in [0.4, 0.5) is 0 Å². The molecule has 0 amide bonds. The molecule has 0 unspecified atom stereocenters. The second-order valence-corrected chi connectivity index (χ2v) is 6.73. The molecule has 0 aliphatic heterocycles. The van der Waals surface area contributed by atoms with Gasteiger partial charge in [-0.2, -0.15) is 0 Å². The van der Waals surface area contributed by atoms with E-state index in [9.17, 15) is 5.11 Å². The van der Waals surface area contributed by atoms with Crippen molar-refractivity contribution in [1.29, 1.82) is 0 Å². The molecule has 1 aromatic heterocycles. The topological polar surface area (TPSA) is 45.8 Å². The number of hydrogen-bond donors (Lipinski definition) is 1. The molecule has 1 heterocycles. The largest absolute Gasteiger partial charge is 0.497 e. The van der Waals surface area contributed by atoms with Crippen LogP contribution in [0.5, 0.6) is 5.75 Å². The molecule has 1 N–H and O–H groups in total. The van der Waals surface area contributed by atoms with Crippen LogP contribution in [-0.4, -0.2) is 29.3 Å². The Morgan fingerprint density at radius 1 is 1.12 bits per heavy atom. The molecule has 1 aliphatic carbocycles. The van der Waals surface area contributed by atoms with Crippen molar-refractivity contribution in [2.45, 2.75) is 57.8 Å². The van der Waals surface area contributed by atoms with Gasteiger partial charge in [0.15, 0.2) is 0 Å². The first kappa shape index (κ1) is 17.1. The molecule has 2 aromatic rings. The molecule has 1 saturated carbocycles. The summed E-state index contributed by atoms with van der Waals surface area (Å²) in [4.78, 5) is 2.47. The van der Waals surface area contributed by atoms with Crippen molar-refractivity contribution in [2.24, 2.45) is 0 Å². The number of methoxy groups -OCH3 is 1. The van der Waals surface area contributed by atoms with Gasteiger partial charge in [0.25, 0.3) is 0 Å². The molecule has 1 fully saturated rings. The summed E-state index contributed by atoms with van der Waals surface area (Å²) in [7, 11) is 1.70. The Morgan fingerprint density at radius 2 is 1.92 bits per heavy atom. The van der Waals surface area contributed by atoms with Crippen molar-refractivity contribution in [1.82, 2.24) is 4.90 Å². The van der Waals surface area contributed by atoms with Crippen molar-refractivity contribution >= 4 is 0 Å². The van der Waals surface area contributed by atoms with E-state index >= 15 is 0 Å². The monoisotopic (exact) mass is 329 g/mol. The number of nitrogens with zero attached hydrogens (tertiary/aromatic N) is 1. The summed E-state index contributed by atoms with van der Waals surface area (Å²) in [6.45, 7) is 3.64. The summed E-state index contributed by atoms with van der Waals surface area (Å²) < 4.78 is 11.1. The Kier molecular flexibility index (Phi) is 5.59. The first-order valence-electron chi connectivity index (χ1n) is 8.74. The van der Waals surface area contributed by atoms with Gasteiger partial charge in [-0.05, 0) is 62.4 Å². The molecular formula is C20H27NO3. The molecule has 4 nitrogen and oxygen atoms in total. The highest BCUT2D eigenvalue weighted by atomic mass is 16.5. The fourth-order valence-corrected chi connectivity index (χ4v) is 3.51. The highest BCUT2D eigenvalue weighted by Gasteiger charge is 2.25. The average molecular weight is 329 g/mol. The molecule has 1 aliphatic rings. The van der Waals surface area contributed by atoms with Crippen LogP contribution in [-0.2, 0) is 13.1 Å². The number of aliphatic hydroxyl groups excluding tert-OH is 1. The summed E-state index contributed by atoms with van der Waals surface area (Å²) in [5.74, 6) is 2.84. The normalized spacial score (nSPS) is 21.2. The van der Waals surface area contributed by atoms with Crippen molar-refractivity contribution < 1.29 is 14.3 Å². The van der Waals surface area contributed by atoms with E-state index in [1.165, 1.54) is 5.56 Å². The lowest BCUT2D eigenvalue weighted by Gasteiger charge is -2.35. The third-order valence-corrected chi connectivity index (χ3v) is 4.86. The molecular weight excluding hydrogens is 302 g/mol. The van der Waals surface area contributed by atoms with Crippen molar-refractivity contribution in [3.63, 3.8) is 0 Å². The summed E-state index contributed by atoms with van der Waals surface area (Å²) in [5, 5.41) is 9.81. The Hall–Kier alpha value is -1.78. The Bertz CT molecular complexity index is 644. The Balaban J connectivity index is 1.75. The third kappa shape index (κ3) is 4.40. The van der Waals surface area contributed by atoms with E-state index in [1.54, 1.807) is 7.11 Å². The van der Waals surface area contributed by atoms with Crippen LogP contribution >= 0.6 is 0 Å². The minimum Gasteiger partial charge on any atom is -0.497 e. The van der Waals surface area contributed by atoms with Crippen LogP contribution in [0, 0.1) is 6.92 Å². The number of aliphatic hydroxyl groups is 1. The van der Waals surface area contributed by atoms with Gasteiger partial charge in [-0.3, -0.25) is 4.90 Å². The fraction of sp³-hybridized carbons (Fsp3) is 0.500. The smallest absolute Gasteiger partial charge is 0.119 e. The van der Waals surface area contributed by atoms with Gasteiger partial charge in [-0.25, -0.2) is 0 Å². The highest BCUT2D eigenvalue weighted by Crippen LogP contribution is 2.27. The standard InChI is InChI=1S/C20H27NO3/c1-15-6-11-20(24-15)14-21(17-7-9-18(22)10-8-17)13-16-4-3-5-19(12-16)23-2/h3-6,11-12,17-18,22H,7-10,13-14H2,1-2H3. The van der Waals surface area contributed by atoms with Crippen molar-refractivity contribution in [3.05, 3.63) is 53.5 Å². The third-order valence-electron chi connectivity index (χ3n) is 4.86. The van der Waals surface area contributed by atoms with E-state index < -0.39 is 0 Å². The predicted octanol–water partition coefficient (Wildman–Crippen LogP) is 3.90. The van der Waals surface area contributed by atoms with Gasteiger partial charge in [0, 0.05) is 12.6 Å². The second-order valence-electron chi connectivity index (χ2n) is 6.73. The summed E-state index contributed by atoms with van der Waals surface area (Å²) in [5.41, 5.74) is 1.24. The van der Waals surface area contributed by atoms with Crippen molar-refractivity contribution in [3.8, 4) is 5.75 Å². The zero-order valence-electron chi connectivity index (χ0n) is 14.6. The van der Waals surface area contributed by atoms with Gasteiger partial charge >= 0.3 is 0 Å². The minimum absolute atomic E-state index is 0.134. The van der Waals surface area contributed by atoms with Gasteiger partial charge in [0.05, 0.1) is 19.8 Å². The van der Waals surface area contributed by atoms with Crippen LogP contribution in [0.2, 0.25) is 0 Å². The van der Waals surface area contributed by atoms with Crippen LogP contribution in [0.3, 0.4) is 0 Å². The lowest BCUT2D eigenvalue weighted by Crippen LogP contribution is -2.38. The first-order valence-corrected chi connectivity index (χ1v) is 8.74. The van der Waals surface area contributed by atoms with Gasteiger partial charge < -0.3 is 14.3 Å². The van der Waals surface area contributed by atoms with E-state index in [4.69, 9.17) is 9.15 Å². The molecule has 130 valence electrons. The summed E-state index contributed by atoms with van der Waals surface area (Å²) in [6.07, 6.45) is 3.70. The van der Waals surface area contributed by atoms with E-state index in [-0.39, 0.29) is 6.10 Å². The fourth-order valence-electron chi connectivity index (χ4n) is 3.51. The first-order chi connectivity index (χ1) is 11.6. The van der Waals surface area contributed by atoms with Crippen LogP contribution in [0.15, 0.2) is 40.8 Å². The highest BCUT2D eigenvalue weighted by molar-refractivity contribution is 5.28. The molecule has 24 heavy (non-hydrogen) atoms. The Labute approximate surface area is 144 Å². The average Bonchev–Trinajstić information content (AvgIpc) is 3.00. The maximum Gasteiger partial charge on any atom is 0.119 e. The lowest BCUT2D eigenvalue weighted by atomic mass is 9.91. The molecule has 0 spiro atoms. The quantitative estimate of drug-likeness (QED) is 0.873. The molecule has 0 bridgehead atoms. The molecule has 1 aromatic carbocycles. The van der Waals surface area contributed by atoms with Gasteiger partial charge in [0.2, 0.25) is 0 Å². The van der Waals surface area contributed by atoms with Gasteiger partial charge in [0.1, 0.15) is 17.3 Å². The van der Waals surface area contributed by atoms with E-state index in [2.05, 4.69) is 23.1 Å². The van der Waals surface area contributed by atoms with Gasteiger partial charge in [-0.15, -0.1) is 0 Å². The van der Waals surface area contributed by atoms with Gasteiger partial charge in [-0.1, -0.05) is 12.1 Å². The number of ether oxygens (including phenoxy) is 1. The summed E-state index contributed by atoms with van der Waals surface area (Å²) in [6, 6.07) is 12.8. The van der Waals surface area contributed by atoms with E-state index in [1.807, 2.05) is 25.1 Å². The van der Waals surface area contributed by atoms with E-state index in [0.29, 0.717) is 6.04 Å². The van der Waals surface area contributed by atoms with E-state index in [0.717, 1.165) is 56.0 Å². The SMILES string of the molecule is COc1cccc(CN(Cc2ccc(C)o2)C2CCC(O)CC2)c1. The number of furan rings is 1. The van der Waals surface area contributed by atoms with Crippen LogP contribution in [0.1, 0.15) is 42.8 Å². The van der Waals surface area contributed by atoms with Crippen LogP contribution < -0.4 is 4.74 Å². The number of hydrogen-bond acceptors (Lipinski definition) is 4. The zero-order valence-corrected chi connectivity index (χ0v) is 14.6. The zero-order chi connectivity index (χ0) is 16.9. The Morgan fingerprint density at radius 3 is 2.58 bits per heavy atom. The van der Waals surface area contributed by atoms with Crippen LogP contribution in [0.25, 0.3) is 0 Å². The van der Waals surface area contributed by atoms with Crippen molar-refractivity contribution in [2.75, 3.05) is 7.11 Å². The number of aryl methyl sites for hydroxylation is 1. The molecule has 3 rings (SSSR count). The maximum atomic E-state index is 9.81. The minimum atomic E-state index is -0.134. The predicted molar refractivity (Wildman–Crippen MR) is 93.9 cm³/mol. The lowest BCUT2D eigenvalue weighted by molar-refractivity contribution is 0.0632. The molecule has 4 heteroatoms. The maximum absolute atomic E-state index is 9.81. The number of benzene rings is 1. The number of rotatable bonds is 6. The molecule has 0 atom stereocenters.